The van der Waals surface area contributed by atoms with Gasteiger partial charge in [-0.3, -0.25) is 4.79 Å². The van der Waals surface area contributed by atoms with Crippen LogP contribution in [0.1, 0.15) is 18.1 Å². The van der Waals surface area contributed by atoms with Crippen molar-refractivity contribution >= 4 is 17.5 Å². The molecule has 1 aromatic carbocycles. The van der Waals surface area contributed by atoms with Gasteiger partial charge in [0.25, 0.3) is 0 Å². The second-order valence-corrected chi connectivity index (χ2v) is 4.88. The summed E-state index contributed by atoms with van der Waals surface area (Å²) in [5.41, 5.74) is -6.20. The highest BCUT2D eigenvalue weighted by atomic mass is 32.2. The summed E-state index contributed by atoms with van der Waals surface area (Å²) in [5, 5.41) is 0. The van der Waals surface area contributed by atoms with Crippen LogP contribution in [0.5, 0.6) is 0 Å². The van der Waals surface area contributed by atoms with E-state index >= 15 is 0 Å². The Labute approximate surface area is 109 Å². The first kappa shape index (κ1) is 15.9. The average Bonchev–Trinajstić information content (AvgIpc) is 2.15. The van der Waals surface area contributed by atoms with Crippen molar-refractivity contribution in [3.8, 4) is 0 Å². The number of alkyl halides is 6. The maximum atomic E-state index is 12.7. The average molecular weight is 302 g/mol. The number of carbonyl (C=O) groups excluding carboxylic acids is 1. The minimum absolute atomic E-state index is 0.327. The van der Waals surface area contributed by atoms with E-state index in [9.17, 15) is 31.1 Å². The van der Waals surface area contributed by atoms with Gasteiger partial charge in [0.2, 0.25) is 0 Å². The molecule has 106 valence electrons. The lowest BCUT2D eigenvalue weighted by Gasteiger charge is -2.14. The van der Waals surface area contributed by atoms with E-state index < -0.39 is 46.1 Å². The quantitative estimate of drug-likeness (QED) is 0.606. The minimum atomic E-state index is -4.80. The predicted molar refractivity (Wildman–Crippen MR) is 57.7 cm³/mol. The highest BCUT2D eigenvalue weighted by Gasteiger charge is 2.35. The van der Waals surface area contributed by atoms with Gasteiger partial charge in [-0.25, -0.2) is 0 Å². The van der Waals surface area contributed by atoms with Crippen molar-refractivity contribution in [3.05, 3.63) is 29.3 Å². The van der Waals surface area contributed by atoms with Crippen molar-refractivity contribution < 1.29 is 31.1 Å². The molecule has 0 atom stereocenters. The third kappa shape index (κ3) is 5.14. The number of rotatable bonds is 3. The van der Waals surface area contributed by atoms with Crippen LogP contribution in [-0.4, -0.2) is 11.3 Å². The van der Waals surface area contributed by atoms with Crippen molar-refractivity contribution in [2.45, 2.75) is 29.9 Å². The van der Waals surface area contributed by atoms with E-state index in [2.05, 4.69) is 0 Å². The van der Waals surface area contributed by atoms with Crippen LogP contribution in [0, 0.1) is 0 Å². The molecule has 0 aromatic heterocycles. The summed E-state index contributed by atoms with van der Waals surface area (Å²) in [5.74, 6) is -0.498. The van der Waals surface area contributed by atoms with E-state index in [0.29, 0.717) is 6.07 Å². The highest BCUT2D eigenvalue weighted by Crippen LogP contribution is 2.40. The van der Waals surface area contributed by atoms with Crippen molar-refractivity contribution in [2.24, 2.45) is 0 Å². The zero-order valence-corrected chi connectivity index (χ0v) is 10.3. The molecule has 0 N–H and O–H groups in total. The van der Waals surface area contributed by atoms with Gasteiger partial charge in [-0.1, -0.05) is 6.07 Å². The van der Waals surface area contributed by atoms with Gasteiger partial charge >= 0.3 is 11.7 Å². The molecule has 0 aliphatic heterocycles. The van der Waals surface area contributed by atoms with E-state index in [0.717, 1.165) is 19.1 Å². The first-order chi connectivity index (χ1) is 8.49. The molecule has 0 unspecified atom stereocenters. The summed E-state index contributed by atoms with van der Waals surface area (Å²) in [7, 11) is 0. The first-order valence-corrected chi connectivity index (χ1v) is 5.76. The standard InChI is InChI=1S/C11H8F6OS/c1-6(18)4-7-2-3-8(19-11(15,16)17)5-9(7)10(12,13)14/h2-3,5H,4H2,1H3. The zero-order valence-electron chi connectivity index (χ0n) is 9.52. The lowest BCUT2D eigenvalue weighted by atomic mass is 10.0. The summed E-state index contributed by atoms with van der Waals surface area (Å²) in [4.78, 5) is 10.3. The summed E-state index contributed by atoms with van der Waals surface area (Å²) in [6, 6.07) is 2.24. The highest BCUT2D eigenvalue weighted by molar-refractivity contribution is 8.00. The van der Waals surface area contributed by atoms with E-state index in [1.165, 1.54) is 0 Å². The molecule has 1 nitrogen and oxygen atoms in total. The largest absolute Gasteiger partial charge is 0.446 e. The molecule has 0 saturated heterocycles. The summed E-state index contributed by atoms with van der Waals surface area (Å²) < 4.78 is 74.5. The van der Waals surface area contributed by atoms with Gasteiger partial charge in [-0.15, -0.1) is 0 Å². The Morgan fingerprint density at radius 1 is 1.16 bits per heavy atom. The smallest absolute Gasteiger partial charge is 0.300 e. The number of hydrogen-bond acceptors (Lipinski definition) is 2. The summed E-state index contributed by atoms with van der Waals surface area (Å²) >= 11 is -0.626. The second kappa shape index (κ2) is 5.44. The number of benzene rings is 1. The molecule has 0 bridgehead atoms. The Hall–Kier alpha value is -1.18. The molecular weight excluding hydrogens is 294 g/mol. The summed E-state index contributed by atoms with van der Waals surface area (Å²) in [6.45, 7) is 1.11. The SMILES string of the molecule is CC(=O)Cc1ccc(SC(F)(F)F)cc1C(F)(F)F. The molecule has 19 heavy (non-hydrogen) atoms. The zero-order chi connectivity index (χ0) is 14.8. The van der Waals surface area contributed by atoms with Crippen LogP contribution in [0.3, 0.4) is 0 Å². The molecule has 1 rings (SSSR count). The fourth-order valence-corrected chi connectivity index (χ4v) is 2.02. The van der Waals surface area contributed by atoms with Crippen molar-refractivity contribution in [1.29, 1.82) is 0 Å². The maximum absolute atomic E-state index is 12.7. The van der Waals surface area contributed by atoms with Gasteiger partial charge in [-0.2, -0.15) is 26.3 Å². The summed E-state index contributed by atoms with van der Waals surface area (Å²) in [6.07, 6.45) is -5.27. The van der Waals surface area contributed by atoms with Gasteiger partial charge in [0, 0.05) is 11.3 Å². The Morgan fingerprint density at radius 3 is 2.16 bits per heavy atom. The lowest BCUT2D eigenvalue weighted by molar-refractivity contribution is -0.138. The van der Waals surface area contributed by atoms with Crippen LogP contribution in [-0.2, 0) is 17.4 Å². The molecule has 0 heterocycles. The lowest BCUT2D eigenvalue weighted by Crippen LogP contribution is -2.12. The Morgan fingerprint density at radius 2 is 1.74 bits per heavy atom. The van der Waals surface area contributed by atoms with E-state index in [-0.39, 0.29) is 5.56 Å². The number of carbonyl (C=O) groups is 1. The second-order valence-electron chi connectivity index (χ2n) is 3.74. The number of Topliss-reactive ketones (excluding diaryl/α,β-unsaturated/α-hetero) is 1. The topological polar surface area (TPSA) is 17.1 Å². The molecule has 0 aliphatic carbocycles. The van der Waals surface area contributed by atoms with E-state index in [4.69, 9.17) is 0 Å². The molecule has 0 amide bonds. The van der Waals surface area contributed by atoms with Crippen LogP contribution in [0.15, 0.2) is 23.1 Å². The maximum Gasteiger partial charge on any atom is 0.446 e. The van der Waals surface area contributed by atoms with E-state index in [1.807, 2.05) is 0 Å². The number of hydrogen-bond donors (Lipinski definition) is 0. The Balaban J connectivity index is 3.19. The van der Waals surface area contributed by atoms with E-state index in [1.54, 1.807) is 0 Å². The third-order valence-electron chi connectivity index (χ3n) is 2.06. The first-order valence-electron chi connectivity index (χ1n) is 4.94. The monoisotopic (exact) mass is 302 g/mol. The molecule has 0 fully saturated rings. The molecule has 8 heteroatoms. The van der Waals surface area contributed by atoms with Crippen LogP contribution in [0.2, 0.25) is 0 Å². The molecule has 1 aromatic rings. The molecular formula is C11H8F6OS. The van der Waals surface area contributed by atoms with Crippen molar-refractivity contribution in [3.63, 3.8) is 0 Å². The molecule has 0 saturated carbocycles. The van der Waals surface area contributed by atoms with Gasteiger partial charge in [0.1, 0.15) is 5.78 Å². The number of halogens is 6. The fraction of sp³-hybridized carbons (Fsp3) is 0.364. The molecule has 0 spiro atoms. The Kier molecular flexibility index (Phi) is 4.54. The van der Waals surface area contributed by atoms with Crippen LogP contribution >= 0.6 is 11.8 Å². The third-order valence-corrected chi connectivity index (χ3v) is 2.78. The molecule has 0 radical (unpaired) electrons. The Bertz CT molecular complexity index is 477. The number of ketones is 1. The van der Waals surface area contributed by atoms with Crippen molar-refractivity contribution in [2.75, 3.05) is 0 Å². The van der Waals surface area contributed by atoms with Gasteiger partial charge < -0.3 is 0 Å². The van der Waals surface area contributed by atoms with Gasteiger partial charge in [-0.05, 0) is 36.4 Å². The number of thioether (sulfide) groups is 1. The van der Waals surface area contributed by atoms with Gasteiger partial charge in [0.15, 0.2) is 0 Å². The van der Waals surface area contributed by atoms with Crippen LogP contribution in [0.25, 0.3) is 0 Å². The van der Waals surface area contributed by atoms with Crippen molar-refractivity contribution in [1.82, 2.24) is 0 Å². The predicted octanol–water partition coefficient (Wildman–Crippen LogP) is 4.45. The fourth-order valence-electron chi connectivity index (χ4n) is 1.44. The normalized spacial score (nSPS) is 12.6. The molecule has 0 aliphatic rings. The van der Waals surface area contributed by atoms with Crippen LogP contribution < -0.4 is 0 Å². The van der Waals surface area contributed by atoms with Crippen LogP contribution in [0.4, 0.5) is 26.3 Å². The van der Waals surface area contributed by atoms with Gasteiger partial charge in [0.05, 0.1) is 5.56 Å². The minimum Gasteiger partial charge on any atom is -0.300 e.